The van der Waals surface area contributed by atoms with Gasteiger partial charge in [0.1, 0.15) is 5.69 Å². The summed E-state index contributed by atoms with van der Waals surface area (Å²) in [7, 11) is 1.58. The zero-order valence-corrected chi connectivity index (χ0v) is 10.2. The van der Waals surface area contributed by atoms with E-state index in [1.54, 1.807) is 13.2 Å². The summed E-state index contributed by atoms with van der Waals surface area (Å²) in [5.74, 6) is 0. The van der Waals surface area contributed by atoms with Crippen LogP contribution in [0.3, 0.4) is 0 Å². The van der Waals surface area contributed by atoms with Crippen LogP contribution in [0.4, 0.5) is 17.1 Å². The summed E-state index contributed by atoms with van der Waals surface area (Å²) in [6.07, 6.45) is 0. The minimum Gasteiger partial charge on any atom is -0.395 e. The van der Waals surface area contributed by atoms with Crippen molar-refractivity contribution in [2.24, 2.45) is 0 Å². The number of anilines is 2. The van der Waals surface area contributed by atoms with Gasteiger partial charge in [0.2, 0.25) is 0 Å². The molecule has 0 saturated carbocycles. The first kappa shape index (κ1) is 14.2. The van der Waals surface area contributed by atoms with E-state index < -0.39 is 4.92 Å². The summed E-state index contributed by atoms with van der Waals surface area (Å²) in [5, 5.41) is 19.6. The maximum Gasteiger partial charge on any atom is 0.292 e. The summed E-state index contributed by atoms with van der Waals surface area (Å²) >= 11 is 0. The van der Waals surface area contributed by atoms with Gasteiger partial charge in [0.05, 0.1) is 18.1 Å². The second-order valence-electron chi connectivity index (χ2n) is 3.70. The molecule has 0 heterocycles. The van der Waals surface area contributed by atoms with Crippen LogP contribution in [0.2, 0.25) is 0 Å². The Hall–Kier alpha value is -1.86. The number of nitro groups is 1. The molecule has 1 aromatic rings. The molecule has 0 aliphatic carbocycles. The lowest BCUT2D eigenvalue weighted by molar-refractivity contribution is -0.383. The van der Waals surface area contributed by atoms with E-state index >= 15 is 0 Å². The molecular formula is C11H17N3O4. The van der Waals surface area contributed by atoms with Crippen molar-refractivity contribution in [1.29, 1.82) is 0 Å². The Morgan fingerprint density at radius 3 is 2.72 bits per heavy atom. The van der Waals surface area contributed by atoms with Gasteiger partial charge in [-0.05, 0) is 12.1 Å². The first-order valence-corrected chi connectivity index (χ1v) is 5.48. The van der Waals surface area contributed by atoms with Crippen molar-refractivity contribution in [3.8, 4) is 0 Å². The van der Waals surface area contributed by atoms with Crippen LogP contribution in [0.25, 0.3) is 0 Å². The van der Waals surface area contributed by atoms with Gasteiger partial charge in [-0.3, -0.25) is 10.1 Å². The van der Waals surface area contributed by atoms with Crippen molar-refractivity contribution in [2.75, 3.05) is 44.0 Å². The Labute approximate surface area is 105 Å². The molecule has 0 radical (unpaired) electrons. The van der Waals surface area contributed by atoms with Crippen LogP contribution < -0.4 is 10.6 Å². The monoisotopic (exact) mass is 255 g/mol. The molecule has 18 heavy (non-hydrogen) atoms. The molecule has 1 aromatic carbocycles. The van der Waals surface area contributed by atoms with E-state index in [4.69, 9.17) is 15.6 Å². The van der Waals surface area contributed by atoms with Crippen molar-refractivity contribution < 1.29 is 14.8 Å². The number of nitrogen functional groups attached to an aromatic ring is 1. The highest BCUT2D eigenvalue weighted by molar-refractivity contribution is 5.66. The van der Waals surface area contributed by atoms with Crippen LogP contribution >= 0.6 is 0 Å². The Balaban J connectivity index is 2.91. The summed E-state index contributed by atoms with van der Waals surface area (Å²) in [6, 6.07) is 4.51. The van der Waals surface area contributed by atoms with E-state index in [2.05, 4.69) is 0 Å². The number of nitrogens with zero attached hydrogens (tertiary/aromatic N) is 2. The van der Waals surface area contributed by atoms with Gasteiger partial charge in [-0.2, -0.15) is 0 Å². The number of aliphatic hydroxyl groups excluding tert-OH is 1. The number of rotatable bonds is 7. The Bertz CT molecular complexity index is 411. The largest absolute Gasteiger partial charge is 0.395 e. The van der Waals surface area contributed by atoms with Crippen LogP contribution in [0.5, 0.6) is 0 Å². The number of nitro benzene ring substituents is 1. The molecule has 7 nitrogen and oxygen atoms in total. The Morgan fingerprint density at radius 1 is 1.50 bits per heavy atom. The smallest absolute Gasteiger partial charge is 0.292 e. The normalized spacial score (nSPS) is 10.3. The van der Waals surface area contributed by atoms with Crippen LogP contribution in [0.15, 0.2) is 18.2 Å². The van der Waals surface area contributed by atoms with Gasteiger partial charge in [-0.15, -0.1) is 0 Å². The third-order valence-electron chi connectivity index (χ3n) is 2.51. The quantitative estimate of drug-likeness (QED) is 0.421. The van der Waals surface area contributed by atoms with Crippen molar-refractivity contribution in [3.63, 3.8) is 0 Å². The minimum absolute atomic E-state index is 0.0133. The second kappa shape index (κ2) is 6.77. The van der Waals surface area contributed by atoms with E-state index in [0.717, 1.165) is 5.69 Å². The highest BCUT2D eigenvalue weighted by Gasteiger charge is 2.14. The molecule has 0 amide bonds. The average molecular weight is 255 g/mol. The highest BCUT2D eigenvalue weighted by Crippen LogP contribution is 2.26. The lowest BCUT2D eigenvalue weighted by Gasteiger charge is -2.23. The average Bonchev–Trinajstić information content (AvgIpc) is 2.33. The summed E-state index contributed by atoms with van der Waals surface area (Å²) in [4.78, 5) is 12.0. The number of methoxy groups -OCH3 is 1. The number of hydrogen-bond donors (Lipinski definition) is 2. The van der Waals surface area contributed by atoms with Crippen LogP contribution in [0.1, 0.15) is 0 Å². The van der Waals surface area contributed by atoms with Crippen molar-refractivity contribution in [2.45, 2.75) is 0 Å². The van der Waals surface area contributed by atoms with Gasteiger partial charge in [-0.1, -0.05) is 0 Å². The maximum atomic E-state index is 10.7. The fourth-order valence-corrected chi connectivity index (χ4v) is 1.60. The number of ether oxygens (including phenoxy) is 1. The SMILES string of the molecule is COCCN(CCO)c1ccc([N+](=O)[O-])c(N)c1. The van der Waals surface area contributed by atoms with Gasteiger partial charge in [-0.25, -0.2) is 0 Å². The van der Waals surface area contributed by atoms with E-state index in [9.17, 15) is 10.1 Å². The molecule has 0 unspecified atom stereocenters. The van der Waals surface area contributed by atoms with E-state index in [1.165, 1.54) is 12.1 Å². The van der Waals surface area contributed by atoms with Gasteiger partial charge in [0, 0.05) is 32.0 Å². The predicted molar refractivity (Wildman–Crippen MR) is 68.7 cm³/mol. The third kappa shape index (κ3) is 3.57. The first-order chi connectivity index (χ1) is 8.60. The Kier molecular flexibility index (Phi) is 5.34. The zero-order valence-electron chi connectivity index (χ0n) is 10.2. The van der Waals surface area contributed by atoms with Crippen molar-refractivity contribution >= 4 is 17.1 Å². The lowest BCUT2D eigenvalue weighted by atomic mass is 10.2. The molecule has 3 N–H and O–H groups in total. The molecule has 0 atom stereocenters. The van der Waals surface area contributed by atoms with Gasteiger partial charge < -0.3 is 20.5 Å². The molecule has 7 heteroatoms. The van der Waals surface area contributed by atoms with E-state index in [1.807, 2.05) is 4.90 Å². The second-order valence-corrected chi connectivity index (χ2v) is 3.70. The zero-order chi connectivity index (χ0) is 13.5. The molecular weight excluding hydrogens is 238 g/mol. The van der Waals surface area contributed by atoms with Gasteiger partial charge in [0.15, 0.2) is 0 Å². The molecule has 100 valence electrons. The summed E-state index contributed by atoms with van der Waals surface area (Å²) in [5.41, 5.74) is 6.34. The molecule has 0 saturated heterocycles. The van der Waals surface area contributed by atoms with Crippen LogP contribution in [0, 0.1) is 10.1 Å². The van der Waals surface area contributed by atoms with Crippen LogP contribution in [-0.4, -0.2) is 43.4 Å². The number of hydrogen-bond acceptors (Lipinski definition) is 6. The molecule has 1 rings (SSSR count). The molecule has 0 spiro atoms. The predicted octanol–water partition coefficient (Wildman–Crippen LogP) is 0.622. The summed E-state index contributed by atoms with van der Waals surface area (Å²) in [6.45, 7) is 1.48. The Morgan fingerprint density at radius 2 is 2.22 bits per heavy atom. The fraction of sp³-hybridized carbons (Fsp3) is 0.455. The standard InChI is InChI=1S/C11H17N3O4/c1-18-7-5-13(4-6-15)9-2-3-11(14(16)17)10(12)8-9/h2-3,8,15H,4-7,12H2,1H3. The number of benzene rings is 1. The molecule has 0 aliphatic rings. The molecule has 0 bridgehead atoms. The topological polar surface area (TPSA) is 102 Å². The highest BCUT2D eigenvalue weighted by atomic mass is 16.6. The van der Waals surface area contributed by atoms with Crippen LogP contribution in [-0.2, 0) is 4.74 Å². The maximum absolute atomic E-state index is 10.7. The van der Waals surface area contributed by atoms with E-state index in [0.29, 0.717) is 19.7 Å². The fourth-order valence-electron chi connectivity index (χ4n) is 1.60. The molecule has 0 aromatic heterocycles. The van der Waals surface area contributed by atoms with Crippen molar-refractivity contribution in [3.05, 3.63) is 28.3 Å². The minimum atomic E-state index is -0.523. The van der Waals surface area contributed by atoms with Gasteiger partial charge in [0.25, 0.3) is 5.69 Å². The van der Waals surface area contributed by atoms with Gasteiger partial charge >= 0.3 is 0 Å². The third-order valence-corrected chi connectivity index (χ3v) is 2.51. The first-order valence-electron chi connectivity index (χ1n) is 5.48. The number of aliphatic hydroxyl groups is 1. The molecule has 0 fully saturated rings. The van der Waals surface area contributed by atoms with Crippen molar-refractivity contribution in [1.82, 2.24) is 0 Å². The lowest BCUT2D eigenvalue weighted by Crippen LogP contribution is -2.30. The number of nitrogens with two attached hydrogens (primary N) is 1. The molecule has 0 aliphatic heterocycles. The summed E-state index contributed by atoms with van der Waals surface area (Å²) < 4.78 is 4.97. The van der Waals surface area contributed by atoms with E-state index in [-0.39, 0.29) is 18.0 Å².